The molecule has 0 fully saturated rings. The largest absolute Gasteiger partial charge is 0.481 e. The van der Waals surface area contributed by atoms with E-state index in [4.69, 9.17) is 5.11 Å². The number of benzene rings is 1. The summed E-state index contributed by atoms with van der Waals surface area (Å²) in [5.41, 5.74) is -1.60. The first-order chi connectivity index (χ1) is 7.23. The zero-order valence-corrected chi connectivity index (χ0v) is 9.19. The molecule has 0 aliphatic rings. The van der Waals surface area contributed by atoms with Crippen LogP contribution in [0.5, 0.6) is 0 Å². The minimum Gasteiger partial charge on any atom is -0.481 e. The van der Waals surface area contributed by atoms with Crippen LogP contribution in [-0.2, 0) is 17.4 Å². The number of alkyl halides is 3. The Hall–Kier alpha value is -1.11. The highest BCUT2D eigenvalue weighted by molar-refractivity contribution is 9.10. The van der Waals surface area contributed by atoms with Gasteiger partial charge >= 0.3 is 12.1 Å². The van der Waals surface area contributed by atoms with E-state index in [0.29, 0.717) is 6.07 Å². The summed E-state index contributed by atoms with van der Waals surface area (Å²) in [6, 6.07) is 1.61. The summed E-state index contributed by atoms with van der Waals surface area (Å²) in [6.07, 6.45) is -5.47. The molecule has 0 unspecified atom stereocenters. The van der Waals surface area contributed by atoms with Gasteiger partial charge in [0.15, 0.2) is 0 Å². The lowest BCUT2D eigenvalue weighted by atomic mass is 10.1. The molecule has 16 heavy (non-hydrogen) atoms. The maximum Gasteiger partial charge on any atom is 0.420 e. The van der Waals surface area contributed by atoms with Crippen LogP contribution in [-0.4, -0.2) is 11.1 Å². The van der Waals surface area contributed by atoms with Crippen molar-refractivity contribution < 1.29 is 27.5 Å². The van der Waals surface area contributed by atoms with Crippen molar-refractivity contribution in [2.24, 2.45) is 0 Å². The van der Waals surface area contributed by atoms with Crippen molar-refractivity contribution in [2.45, 2.75) is 12.6 Å². The summed E-state index contributed by atoms with van der Waals surface area (Å²) in [6.45, 7) is 0. The van der Waals surface area contributed by atoms with E-state index in [1.54, 1.807) is 0 Å². The van der Waals surface area contributed by atoms with Gasteiger partial charge in [0.2, 0.25) is 0 Å². The minimum atomic E-state index is -4.86. The number of rotatable bonds is 2. The van der Waals surface area contributed by atoms with Crippen molar-refractivity contribution in [3.8, 4) is 0 Å². The topological polar surface area (TPSA) is 37.3 Å². The maximum atomic E-state index is 13.0. The van der Waals surface area contributed by atoms with Crippen LogP contribution >= 0.6 is 15.9 Å². The predicted molar refractivity (Wildman–Crippen MR) is 50.4 cm³/mol. The molecule has 0 atom stereocenters. The van der Waals surface area contributed by atoms with Crippen LogP contribution in [0.2, 0.25) is 0 Å². The first-order valence-electron chi connectivity index (χ1n) is 3.99. The van der Waals surface area contributed by atoms with Crippen LogP contribution in [0.4, 0.5) is 17.6 Å². The molecule has 0 amide bonds. The Kier molecular flexibility index (Phi) is 3.57. The quantitative estimate of drug-likeness (QED) is 0.852. The second kappa shape index (κ2) is 4.40. The van der Waals surface area contributed by atoms with Crippen molar-refractivity contribution in [1.29, 1.82) is 0 Å². The average Bonchev–Trinajstić information content (AvgIpc) is 2.07. The number of aliphatic carboxylic acids is 1. The number of hydrogen-bond donors (Lipinski definition) is 1. The van der Waals surface area contributed by atoms with E-state index in [2.05, 4.69) is 15.9 Å². The number of halogens is 5. The molecule has 1 N–H and O–H groups in total. The van der Waals surface area contributed by atoms with Crippen LogP contribution in [0, 0.1) is 5.82 Å². The highest BCUT2D eigenvalue weighted by Gasteiger charge is 2.37. The Labute approximate surface area is 96.0 Å². The molecule has 2 nitrogen and oxygen atoms in total. The van der Waals surface area contributed by atoms with E-state index in [0.717, 1.165) is 6.07 Å². The minimum absolute atomic E-state index is 0.124. The van der Waals surface area contributed by atoms with Crippen molar-refractivity contribution >= 4 is 21.9 Å². The van der Waals surface area contributed by atoms with Gasteiger partial charge in [-0.05, 0) is 27.6 Å². The van der Waals surface area contributed by atoms with Gasteiger partial charge in [0.05, 0.1) is 6.42 Å². The molecule has 1 aromatic carbocycles. The fraction of sp³-hybridized carbons (Fsp3) is 0.222. The molecule has 0 saturated carbocycles. The molecule has 0 bridgehead atoms. The molecule has 0 saturated heterocycles. The fourth-order valence-electron chi connectivity index (χ4n) is 1.15. The second-order valence-electron chi connectivity index (χ2n) is 2.96. The van der Waals surface area contributed by atoms with Gasteiger partial charge in [-0.25, -0.2) is 4.39 Å². The summed E-state index contributed by atoms with van der Waals surface area (Å²) < 4.78 is 49.6. The monoisotopic (exact) mass is 300 g/mol. The van der Waals surface area contributed by atoms with Crippen LogP contribution in [0.1, 0.15) is 11.1 Å². The lowest BCUT2D eigenvalue weighted by Crippen LogP contribution is -2.12. The van der Waals surface area contributed by atoms with Crippen LogP contribution in [0.25, 0.3) is 0 Å². The Balaban J connectivity index is 3.33. The second-order valence-corrected chi connectivity index (χ2v) is 3.76. The molecule has 0 aliphatic heterocycles. The zero-order valence-electron chi connectivity index (χ0n) is 7.61. The summed E-state index contributed by atoms with van der Waals surface area (Å²) in [7, 11) is 0. The van der Waals surface area contributed by atoms with Crippen molar-refractivity contribution in [3.63, 3.8) is 0 Å². The smallest absolute Gasteiger partial charge is 0.420 e. The van der Waals surface area contributed by atoms with Gasteiger partial charge in [0.1, 0.15) is 11.4 Å². The van der Waals surface area contributed by atoms with Gasteiger partial charge in [-0.3, -0.25) is 4.79 Å². The average molecular weight is 301 g/mol. The number of hydrogen-bond acceptors (Lipinski definition) is 1. The molecule has 0 heterocycles. The molecule has 0 radical (unpaired) electrons. The molecule has 0 spiro atoms. The standard InChI is InChI=1S/C9H5BrF4O2/c10-8-4(3-6(15)16)1-2-5(11)7(8)9(12,13)14/h1-2H,3H2,(H,15,16). The van der Waals surface area contributed by atoms with E-state index < -0.39 is 34.4 Å². The third-order valence-corrected chi connectivity index (χ3v) is 2.70. The Morgan fingerprint density at radius 1 is 1.38 bits per heavy atom. The number of carbonyl (C=O) groups is 1. The molecule has 7 heteroatoms. The lowest BCUT2D eigenvalue weighted by molar-refractivity contribution is -0.141. The van der Waals surface area contributed by atoms with Crippen LogP contribution in [0.3, 0.4) is 0 Å². The molecular formula is C9H5BrF4O2. The predicted octanol–water partition coefficient (Wildman–Crippen LogP) is 3.23. The molecule has 88 valence electrons. The van der Waals surface area contributed by atoms with Crippen molar-refractivity contribution in [1.82, 2.24) is 0 Å². The molecular weight excluding hydrogens is 296 g/mol. The van der Waals surface area contributed by atoms with Crippen molar-refractivity contribution in [2.75, 3.05) is 0 Å². The van der Waals surface area contributed by atoms with Gasteiger partial charge in [-0.2, -0.15) is 13.2 Å². The Morgan fingerprint density at radius 2 is 1.94 bits per heavy atom. The molecule has 0 aromatic heterocycles. The molecule has 1 aromatic rings. The zero-order chi connectivity index (χ0) is 12.5. The van der Waals surface area contributed by atoms with E-state index >= 15 is 0 Å². The van der Waals surface area contributed by atoms with Gasteiger partial charge in [0, 0.05) is 4.47 Å². The normalized spacial score (nSPS) is 11.6. The summed E-state index contributed by atoms with van der Waals surface area (Å²) >= 11 is 2.57. The van der Waals surface area contributed by atoms with Crippen LogP contribution < -0.4 is 0 Å². The molecule has 0 aliphatic carbocycles. The SMILES string of the molecule is O=C(O)Cc1ccc(F)c(C(F)(F)F)c1Br. The maximum absolute atomic E-state index is 13.0. The Morgan fingerprint density at radius 3 is 2.38 bits per heavy atom. The number of carboxylic acids is 1. The summed E-state index contributed by atoms with van der Waals surface area (Å²) in [4.78, 5) is 10.4. The number of carboxylic acid groups (broad SMARTS) is 1. The van der Waals surface area contributed by atoms with Gasteiger partial charge in [0.25, 0.3) is 0 Å². The lowest BCUT2D eigenvalue weighted by Gasteiger charge is -2.12. The first kappa shape index (κ1) is 13.0. The third-order valence-electron chi connectivity index (χ3n) is 1.80. The van der Waals surface area contributed by atoms with E-state index in [1.165, 1.54) is 0 Å². The summed E-state index contributed by atoms with van der Waals surface area (Å²) in [5, 5.41) is 8.46. The van der Waals surface area contributed by atoms with E-state index in [9.17, 15) is 22.4 Å². The highest BCUT2D eigenvalue weighted by atomic mass is 79.9. The van der Waals surface area contributed by atoms with E-state index in [1.807, 2.05) is 0 Å². The highest BCUT2D eigenvalue weighted by Crippen LogP contribution is 2.38. The molecule has 1 rings (SSSR count). The van der Waals surface area contributed by atoms with Gasteiger partial charge in [-0.15, -0.1) is 0 Å². The fourth-order valence-corrected chi connectivity index (χ4v) is 1.84. The third kappa shape index (κ3) is 2.72. The first-order valence-corrected chi connectivity index (χ1v) is 4.78. The summed E-state index contributed by atoms with van der Waals surface area (Å²) in [5.74, 6) is -2.73. The van der Waals surface area contributed by atoms with Gasteiger partial charge in [-0.1, -0.05) is 6.07 Å². The van der Waals surface area contributed by atoms with Gasteiger partial charge < -0.3 is 5.11 Å². The Bertz CT molecular complexity index is 428. The van der Waals surface area contributed by atoms with Crippen LogP contribution in [0.15, 0.2) is 16.6 Å². The van der Waals surface area contributed by atoms with E-state index in [-0.39, 0.29) is 5.56 Å². The van der Waals surface area contributed by atoms with Crippen molar-refractivity contribution in [3.05, 3.63) is 33.5 Å².